The summed E-state index contributed by atoms with van der Waals surface area (Å²) in [5, 5.41) is 2.89. The first-order valence-electron chi connectivity index (χ1n) is 9.25. The van der Waals surface area contributed by atoms with Gasteiger partial charge < -0.3 is 33.7 Å². The van der Waals surface area contributed by atoms with Gasteiger partial charge in [-0.25, -0.2) is 9.59 Å². The van der Waals surface area contributed by atoms with E-state index in [0.717, 1.165) is 0 Å². The molecule has 9 nitrogen and oxygen atoms in total. The number of methoxy groups -OCH3 is 2. The number of esters is 2. The largest absolute Gasteiger partial charge is 0.487 e. The van der Waals surface area contributed by atoms with Crippen molar-refractivity contribution in [3.63, 3.8) is 0 Å². The topological polar surface area (TPSA) is 102 Å². The molecule has 0 spiro atoms. The molecule has 0 aliphatic carbocycles. The van der Waals surface area contributed by atoms with Gasteiger partial charge in [-0.1, -0.05) is 0 Å². The van der Waals surface area contributed by atoms with Crippen LogP contribution in [0.3, 0.4) is 0 Å². The third-order valence-electron chi connectivity index (χ3n) is 3.41. The fraction of sp³-hybridized carbons (Fsp3) is 0.500. The Morgan fingerprint density at radius 1 is 0.862 bits per heavy atom. The van der Waals surface area contributed by atoms with Gasteiger partial charge in [0.05, 0.1) is 26.4 Å². The number of hydrogen-bond acceptors (Lipinski definition) is 9. The molecule has 0 aliphatic rings. The minimum Gasteiger partial charge on any atom is -0.487 e. The van der Waals surface area contributed by atoms with Crippen molar-refractivity contribution in [1.29, 1.82) is 0 Å². The van der Waals surface area contributed by atoms with E-state index in [1.54, 1.807) is 46.3 Å². The first-order chi connectivity index (χ1) is 14.1. The molecule has 0 atom stereocenters. The van der Waals surface area contributed by atoms with Crippen LogP contribution in [0.4, 0.5) is 5.69 Å². The summed E-state index contributed by atoms with van der Waals surface area (Å²) in [6, 6.07) is 5.11. The van der Waals surface area contributed by atoms with E-state index >= 15 is 0 Å². The smallest absolute Gasteiger partial charge is 0.347 e. The van der Waals surface area contributed by atoms with Crippen LogP contribution in [0.15, 0.2) is 30.0 Å². The average molecular weight is 411 g/mol. The first kappa shape index (κ1) is 24.3. The highest BCUT2D eigenvalue weighted by Gasteiger charge is 2.21. The molecule has 1 rings (SSSR count). The lowest BCUT2D eigenvalue weighted by molar-refractivity contribution is -0.146. The van der Waals surface area contributed by atoms with Crippen LogP contribution in [-0.4, -0.2) is 65.8 Å². The second kappa shape index (κ2) is 14.3. The maximum atomic E-state index is 12.0. The lowest BCUT2D eigenvalue weighted by atomic mass is 10.2. The van der Waals surface area contributed by atoms with Gasteiger partial charge >= 0.3 is 11.9 Å². The number of nitrogens with one attached hydrogen (secondary N) is 1. The molecular weight excluding hydrogens is 382 g/mol. The van der Waals surface area contributed by atoms with Gasteiger partial charge in [-0.3, -0.25) is 0 Å². The predicted octanol–water partition coefficient (Wildman–Crippen LogP) is 2.16. The SMILES string of the molecule is CCOC(=O)C(=CNc1ccc(OCCOC)c(OCCOC)c1)C(=O)OCC. The fourth-order valence-electron chi connectivity index (χ4n) is 2.07. The number of ether oxygens (including phenoxy) is 6. The molecule has 9 heteroatoms. The zero-order chi connectivity index (χ0) is 21.5. The van der Waals surface area contributed by atoms with Crippen LogP contribution < -0.4 is 14.8 Å². The molecule has 1 aromatic rings. The Morgan fingerprint density at radius 3 is 1.93 bits per heavy atom. The quantitative estimate of drug-likeness (QED) is 0.162. The maximum absolute atomic E-state index is 12.0. The van der Waals surface area contributed by atoms with E-state index in [4.69, 9.17) is 28.4 Å². The summed E-state index contributed by atoms with van der Waals surface area (Å²) in [6.45, 7) is 5.11. The van der Waals surface area contributed by atoms with E-state index in [2.05, 4.69) is 5.32 Å². The van der Waals surface area contributed by atoms with Crippen molar-refractivity contribution in [1.82, 2.24) is 0 Å². The number of anilines is 1. The monoisotopic (exact) mass is 411 g/mol. The predicted molar refractivity (Wildman–Crippen MR) is 106 cm³/mol. The standard InChI is InChI=1S/C20H29NO8/c1-5-26-19(22)16(20(23)27-6-2)14-21-15-7-8-17(28-11-9-24-3)18(13-15)29-12-10-25-4/h7-8,13-14,21H,5-6,9-12H2,1-4H3. The third kappa shape index (κ3) is 8.84. The highest BCUT2D eigenvalue weighted by atomic mass is 16.6. The van der Waals surface area contributed by atoms with Gasteiger partial charge in [0.2, 0.25) is 0 Å². The molecule has 0 aliphatic heterocycles. The Morgan fingerprint density at radius 2 is 1.41 bits per heavy atom. The van der Waals surface area contributed by atoms with Crippen LogP contribution in [0.25, 0.3) is 0 Å². The highest BCUT2D eigenvalue weighted by molar-refractivity contribution is 6.14. The molecule has 0 unspecified atom stereocenters. The third-order valence-corrected chi connectivity index (χ3v) is 3.41. The van der Waals surface area contributed by atoms with E-state index in [9.17, 15) is 9.59 Å². The first-order valence-corrected chi connectivity index (χ1v) is 9.25. The second-order valence-corrected chi connectivity index (χ2v) is 5.49. The van der Waals surface area contributed by atoms with Crippen molar-refractivity contribution in [2.24, 2.45) is 0 Å². The molecule has 0 aromatic heterocycles. The Balaban J connectivity index is 3.01. The molecule has 0 radical (unpaired) electrons. The summed E-state index contributed by atoms with van der Waals surface area (Å²) in [4.78, 5) is 24.0. The Hall–Kier alpha value is -2.78. The Bertz CT molecular complexity index is 654. The van der Waals surface area contributed by atoms with Gasteiger partial charge in [-0.15, -0.1) is 0 Å². The second-order valence-electron chi connectivity index (χ2n) is 5.49. The molecule has 1 N–H and O–H groups in total. The van der Waals surface area contributed by atoms with E-state index in [0.29, 0.717) is 43.6 Å². The van der Waals surface area contributed by atoms with Crippen LogP contribution in [0, 0.1) is 0 Å². The van der Waals surface area contributed by atoms with E-state index in [1.165, 1.54) is 6.20 Å². The van der Waals surface area contributed by atoms with Crippen molar-refractivity contribution in [2.75, 3.05) is 59.2 Å². The van der Waals surface area contributed by atoms with Gasteiger partial charge in [-0.05, 0) is 26.0 Å². The van der Waals surface area contributed by atoms with Crippen molar-refractivity contribution in [3.05, 3.63) is 30.0 Å². The Labute approximate surface area is 170 Å². The van der Waals surface area contributed by atoms with Crippen molar-refractivity contribution in [3.8, 4) is 11.5 Å². The van der Waals surface area contributed by atoms with Crippen LogP contribution >= 0.6 is 0 Å². The number of carbonyl (C=O) groups is 2. The summed E-state index contributed by atoms with van der Waals surface area (Å²) >= 11 is 0. The van der Waals surface area contributed by atoms with E-state index in [1.807, 2.05) is 0 Å². The zero-order valence-corrected chi connectivity index (χ0v) is 17.3. The van der Waals surface area contributed by atoms with Crippen molar-refractivity contribution in [2.45, 2.75) is 13.8 Å². The molecule has 0 heterocycles. The van der Waals surface area contributed by atoms with Crippen molar-refractivity contribution >= 4 is 17.6 Å². The van der Waals surface area contributed by atoms with Gasteiger partial charge in [0.25, 0.3) is 0 Å². The van der Waals surface area contributed by atoms with Gasteiger partial charge in [0.15, 0.2) is 17.1 Å². The number of rotatable bonds is 14. The van der Waals surface area contributed by atoms with Crippen LogP contribution in [0.2, 0.25) is 0 Å². The summed E-state index contributed by atoms with van der Waals surface area (Å²) < 4.78 is 31.1. The minimum atomic E-state index is -0.769. The lowest BCUT2D eigenvalue weighted by Crippen LogP contribution is -2.19. The highest BCUT2D eigenvalue weighted by Crippen LogP contribution is 2.30. The number of benzene rings is 1. The van der Waals surface area contributed by atoms with Gasteiger partial charge in [0, 0.05) is 32.2 Å². The molecule has 162 valence electrons. The number of hydrogen-bond donors (Lipinski definition) is 1. The van der Waals surface area contributed by atoms with Gasteiger partial charge in [0.1, 0.15) is 13.2 Å². The molecule has 0 saturated heterocycles. The molecule has 0 fully saturated rings. The minimum absolute atomic E-state index is 0.139. The average Bonchev–Trinajstić information content (AvgIpc) is 2.70. The molecule has 1 aromatic carbocycles. The van der Waals surface area contributed by atoms with Crippen molar-refractivity contribution < 1.29 is 38.0 Å². The van der Waals surface area contributed by atoms with Crippen LogP contribution in [0.1, 0.15) is 13.8 Å². The lowest BCUT2D eigenvalue weighted by Gasteiger charge is -2.14. The summed E-state index contributed by atoms with van der Waals surface area (Å²) in [7, 11) is 3.16. The summed E-state index contributed by atoms with van der Waals surface area (Å²) in [5.41, 5.74) is 0.332. The molecule has 29 heavy (non-hydrogen) atoms. The molecule has 0 saturated carbocycles. The maximum Gasteiger partial charge on any atom is 0.347 e. The molecule has 0 bridgehead atoms. The molecular formula is C20H29NO8. The zero-order valence-electron chi connectivity index (χ0n) is 17.3. The van der Waals surface area contributed by atoms with E-state index < -0.39 is 11.9 Å². The van der Waals surface area contributed by atoms with Crippen LogP contribution in [0.5, 0.6) is 11.5 Å². The molecule has 0 amide bonds. The van der Waals surface area contributed by atoms with E-state index in [-0.39, 0.29) is 18.8 Å². The normalized spacial score (nSPS) is 10.1. The summed E-state index contributed by atoms with van der Waals surface area (Å²) in [5.74, 6) is -0.530. The van der Waals surface area contributed by atoms with Gasteiger partial charge in [-0.2, -0.15) is 0 Å². The number of carbonyl (C=O) groups excluding carboxylic acids is 2. The Kier molecular flexibility index (Phi) is 11.9. The fourth-order valence-corrected chi connectivity index (χ4v) is 2.07. The summed E-state index contributed by atoms with van der Waals surface area (Å²) in [6.07, 6.45) is 1.25. The van der Waals surface area contributed by atoms with Crippen LogP contribution in [-0.2, 0) is 28.5 Å².